The minimum Gasteiger partial charge on any atom is -0.307 e. The van der Waals surface area contributed by atoms with E-state index < -0.39 is 0 Å². The molecule has 1 aromatic rings. The van der Waals surface area contributed by atoms with Crippen LogP contribution in [0.2, 0.25) is 0 Å². The molecule has 0 amide bonds. The summed E-state index contributed by atoms with van der Waals surface area (Å²) in [6, 6.07) is 12.3. The number of nitrogens with one attached hydrogen (secondary N) is 1. The summed E-state index contributed by atoms with van der Waals surface area (Å²) in [5, 5.41) is 3.93. The molecule has 1 aliphatic carbocycles. The van der Waals surface area contributed by atoms with Crippen molar-refractivity contribution < 1.29 is 0 Å². The molecule has 1 fully saturated rings. The van der Waals surface area contributed by atoms with Gasteiger partial charge in [0.1, 0.15) is 0 Å². The van der Waals surface area contributed by atoms with Gasteiger partial charge in [0.15, 0.2) is 0 Å². The topological polar surface area (TPSA) is 12.0 Å². The van der Waals surface area contributed by atoms with Crippen molar-refractivity contribution >= 4 is 0 Å². The van der Waals surface area contributed by atoms with E-state index in [9.17, 15) is 0 Å². The van der Waals surface area contributed by atoms with E-state index in [1.807, 2.05) is 0 Å². The van der Waals surface area contributed by atoms with Crippen molar-refractivity contribution in [2.45, 2.75) is 64.5 Å². The van der Waals surface area contributed by atoms with Gasteiger partial charge in [-0.2, -0.15) is 0 Å². The smallest absolute Gasteiger partial charge is 0.0351 e. The molecule has 0 radical (unpaired) electrons. The molecular weight excluding hydrogens is 218 g/mol. The van der Waals surface area contributed by atoms with Crippen LogP contribution in [-0.4, -0.2) is 6.04 Å². The SMILES string of the molecule is CCCC(CCC)NC(c1ccccc1)C1CC1. The third-order valence-electron chi connectivity index (χ3n) is 3.94. The highest BCUT2D eigenvalue weighted by Crippen LogP contribution is 2.41. The van der Waals surface area contributed by atoms with Crippen LogP contribution in [0.3, 0.4) is 0 Å². The zero-order valence-electron chi connectivity index (χ0n) is 11.9. The van der Waals surface area contributed by atoms with Gasteiger partial charge in [-0.1, -0.05) is 57.0 Å². The summed E-state index contributed by atoms with van der Waals surface area (Å²) in [4.78, 5) is 0. The molecule has 1 unspecified atom stereocenters. The summed E-state index contributed by atoms with van der Waals surface area (Å²) in [5.74, 6) is 0.878. The second-order valence-corrected chi connectivity index (χ2v) is 5.67. The Bertz CT molecular complexity index is 323. The minimum atomic E-state index is 0.592. The molecule has 1 atom stereocenters. The van der Waals surface area contributed by atoms with Crippen molar-refractivity contribution in [3.63, 3.8) is 0 Å². The number of hydrogen-bond acceptors (Lipinski definition) is 1. The Morgan fingerprint density at radius 3 is 2.17 bits per heavy atom. The van der Waals surface area contributed by atoms with Crippen molar-refractivity contribution in [3.05, 3.63) is 35.9 Å². The Balaban J connectivity index is 2.01. The second-order valence-electron chi connectivity index (χ2n) is 5.67. The van der Waals surface area contributed by atoms with E-state index in [4.69, 9.17) is 0 Å². The van der Waals surface area contributed by atoms with Crippen LogP contribution in [0.25, 0.3) is 0 Å². The molecule has 0 saturated heterocycles. The fourth-order valence-electron chi connectivity index (χ4n) is 2.86. The molecule has 0 spiro atoms. The highest BCUT2D eigenvalue weighted by Gasteiger charge is 2.33. The first kappa shape index (κ1) is 13.6. The van der Waals surface area contributed by atoms with Gasteiger partial charge >= 0.3 is 0 Å². The summed E-state index contributed by atoms with van der Waals surface area (Å²) in [6.07, 6.45) is 7.98. The number of rotatable bonds is 8. The quantitative estimate of drug-likeness (QED) is 0.700. The predicted octanol–water partition coefficient (Wildman–Crippen LogP) is 4.70. The maximum Gasteiger partial charge on any atom is 0.0351 e. The Labute approximate surface area is 112 Å². The van der Waals surface area contributed by atoms with Crippen LogP contribution in [0.4, 0.5) is 0 Å². The molecule has 18 heavy (non-hydrogen) atoms. The van der Waals surface area contributed by atoms with Gasteiger partial charge in [-0.05, 0) is 37.2 Å². The largest absolute Gasteiger partial charge is 0.307 e. The fraction of sp³-hybridized carbons (Fsp3) is 0.647. The van der Waals surface area contributed by atoms with Gasteiger partial charge in [0.2, 0.25) is 0 Å². The molecule has 1 aliphatic rings. The van der Waals surface area contributed by atoms with Gasteiger partial charge in [0.25, 0.3) is 0 Å². The van der Waals surface area contributed by atoms with Crippen LogP contribution in [0, 0.1) is 5.92 Å². The maximum absolute atomic E-state index is 3.93. The molecule has 1 N–H and O–H groups in total. The van der Waals surface area contributed by atoms with Crippen LogP contribution in [0.1, 0.15) is 64.0 Å². The summed E-state index contributed by atoms with van der Waals surface area (Å²) < 4.78 is 0. The lowest BCUT2D eigenvalue weighted by molar-refractivity contribution is 0.365. The van der Waals surface area contributed by atoms with Gasteiger partial charge < -0.3 is 5.32 Å². The predicted molar refractivity (Wildman–Crippen MR) is 78.6 cm³/mol. The molecule has 1 nitrogen and oxygen atoms in total. The molecule has 1 aromatic carbocycles. The van der Waals surface area contributed by atoms with Gasteiger partial charge in [-0.15, -0.1) is 0 Å². The maximum atomic E-state index is 3.93. The summed E-state index contributed by atoms with van der Waals surface area (Å²) in [5.41, 5.74) is 1.48. The van der Waals surface area contributed by atoms with Crippen LogP contribution >= 0.6 is 0 Å². The monoisotopic (exact) mass is 245 g/mol. The first-order valence-corrected chi connectivity index (χ1v) is 7.66. The van der Waals surface area contributed by atoms with Crippen LogP contribution < -0.4 is 5.32 Å². The lowest BCUT2D eigenvalue weighted by Gasteiger charge is -2.26. The van der Waals surface area contributed by atoms with Crippen LogP contribution in [-0.2, 0) is 0 Å². The first-order valence-electron chi connectivity index (χ1n) is 7.66. The van der Waals surface area contributed by atoms with E-state index in [1.54, 1.807) is 0 Å². The molecule has 0 bridgehead atoms. The van der Waals surface area contributed by atoms with Gasteiger partial charge in [-0.3, -0.25) is 0 Å². The fourth-order valence-corrected chi connectivity index (χ4v) is 2.86. The summed E-state index contributed by atoms with van der Waals surface area (Å²) in [6.45, 7) is 4.58. The molecule has 1 heteroatoms. The van der Waals surface area contributed by atoms with E-state index in [-0.39, 0.29) is 0 Å². The van der Waals surface area contributed by atoms with Crippen molar-refractivity contribution in [2.24, 2.45) is 5.92 Å². The lowest BCUT2D eigenvalue weighted by Crippen LogP contribution is -2.33. The van der Waals surface area contributed by atoms with Crippen molar-refractivity contribution in [2.75, 3.05) is 0 Å². The molecule has 0 aliphatic heterocycles. The number of hydrogen-bond donors (Lipinski definition) is 1. The van der Waals surface area contributed by atoms with Crippen molar-refractivity contribution in [3.8, 4) is 0 Å². The zero-order valence-corrected chi connectivity index (χ0v) is 11.9. The summed E-state index contributed by atoms with van der Waals surface area (Å²) >= 11 is 0. The molecule has 0 aromatic heterocycles. The van der Waals surface area contributed by atoms with Crippen molar-refractivity contribution in [1.29, 1.82) is 0 Å². The molecule has 100 valence electrons. The molecule has 2 rings (SSSR count). The van der Waals surface area contributed by atoms with E-state index >= 15 is 0 Å². The highest BCUT2D eigenvalue weighted by molar-refractivity contribution is 5.21. The normalized spacial score (nSPS) is 17.1. The van der Waals surface area contributed by atoms with E-state index in [0.29, 0.717) is 12.1 Å². The van der Waals surface area contributed by atoms with Gasteiger partial charge in [0.05, 0.1) is 0 Å². The van der Waals surface area contributed by atoms with Gasteiger partial charge in [-0.25, -0.2) is 0 Å². The van der Waals surface area contributed by atoms with Crippen molar-refractivity contribution in [1.82, 2.24) is 5.32 Å². The Kier molecular flexibility index (Phi) is 5.25. The average molecular weight is 245 g/mol. The minimum absolute atomic E-state index is 0.592. The molecule has 1 saturated carbocycles. The van der Waals surface area contributed by atoms with E-state index in [0.717, 1.165) is 5.92 Å². The average Bonchev–Trinajstić information content (AvgIpc) is 3.22. The second kappa shape index (κ2) is 6.94. The van der Waals surface area contributed by atoms with E-state index in [1.165, 1.54) is 44.1 Å². The number of benzene rings is 1. The zero-order chi connectivity index (χ0) is 12.8. The lowest BCUT2D eigenvalue weighted by atomic mass is 9.98. The Hall–Kier alpha value is -0.820. The standard InChI is InChI=1S/C17H27N/c1-3-8-16(9-4-2)18-17(15-12-13-15)14-10-6-5-7-11-14/h5-7,10-11,15-18H,3-4,8-9,12-13H2,1-2H3. The third kappa shape index (κ3) is 3.84. The van der Waals surface area contributed by atoms with E-state index in [2.05, 4.69) is 49.5 Å². The third-order valence-corrected chi connectivity index (χ3v) is 3.94. The van der Waals surface area contributed by atoms with Crippen LogP contribution in [0.15, 0.2) is 30.3 Å². The van der Waals surface area contributed by atoms with Gasteiger partial charge in [0, 0.05) is 12.1 Å². The highest BCUT2D eigenvalue weighted by atomic mass is 15.0. The first-order chi connectivity index (χ1) is 8.85. The molecule has 0 heterocycles. The Morgan fingerprint density at radius 1 is 1.06 bits per heavy atom. The van der Waals surface area contributed by atoms with Crippen LogP contribution in [0.5, 0.6) is 0 Å². The summed E-state index contributed by atoms with van der Waals surface area (Å²) in [7, 11) is 0. The Morgan fingerprint density at radius 2 is 1.67 bits per heavy atom. The molecular formula is C17H27N.